The highest BCUT2D eigenvalue weighted by Crippen LogP contribution is 2.16. The van der Waals surface area contributed by atoms with Crippen LogP contribution >= 0.6 is 0 Å². The van der Waals surface area contributed by atoms with Gasteiger partial charge in [0.15, 0.2) is 0 Å². The van der Waals surface area contributed by atoms with Crippen molar-refractivity contribution in [2.45, 2.75) is 0 Å². The Bertz CT molecular complexity index is 693. The van der Waals surface area contributed by atoms with Gasteiger partial charge in [-0.2, -0.15) is 5.26 Å². The zero-order valence-electron chi connectivity index (χ0n) is 10.3. The monoisotopic (exact) mass is 253 g/mol. The summed E-state index contributed by atoms with van der Waals surface area (Å²) in [6.45, 7) is 0. The van der Waals surface area contributed by atoms with Crippen LogP contribution in [0.25, 0.3) is 0 Å². The predicted molar refractivity (Wildman–Crippen MR) is 71.0 cm³/mol. The van der Waals surface area contributed by atoms with Gasteiger partial charge in [-0.1, -0.05) is 6.07 Å². The van der Waals surface area contributed by atoms with Crippen LogP contribution < -0.4 is 10.5 Å². The standard InChI is InChI=1S/C14H11N3O2/c1-17(12-4-2-3-10(7-12)8-15)14(19)11-5-6-13(18)16-9-11/h2-7,9H,1H3,(H,16,18). The number of hydrogen-bond acceptors (Lipinski definition) is 3. The second kappa shape index (κ2) is 5.19. The van der Waals surface area contributed by atoms with Crippen molar-refractivity contribution in [3.05, 3.63) is 64.1 Å². The number of aromatic nitrogens is 1. The number of aromatic amines is 1. The number of nitriles is 1. The summed E-state index contributed by atoms with van der Waals surface area (Å²) in [6.07, 6.45) is 1.37. The van der Waals surface area contributed by atoms with E-state index < -0.39 is 0 Å². The molecule has 0 fully saturated rings. The van der Waals surface area contributed by atoms with E-state index >= 15 is 0 Å². The molecule has 2 aromatic rings. The molecule has 5 nitrogen and oxygen atoms in total. The molecule has 19 heavy (non-hydrogen) atoms. The minimum absolute atomic E-state index is 0.258. The van der Waals surface area contributed by atoms with E-state index in [-0.39, 0.29) is 11.5 Å². The van der Waals surface area contributed by atoms with Crippen LogP contribution in [0, 0.1) is 11.3 Å². The van der Waals surface area contributed by atoms with Crippen molar-refractivity contribution in [3.63, 3.8) is 0 Å². The SMILES string of the molecule is CN(C(=O)c1ccc(=O)[nH]c1)c1cccc(C#N)c1. The van der Waals surface area contributed by atoms with Crippen molar-refractivity contribution in [1.29, 1.82) is 5.26 Å². The minimum Gasteiger partial charge on any atom is -0.328 e. The number of pyridine rings is 1. The van der Waals surface area contributed by atoms with E-state index in [2.05, 4.69) is 4.98 Å². The summed E-state index contributed by atoms with van der Waals surface area (Å²) in [5, 5.41) is 8.84. The first-order chi connectivity index (χ1) is 9.11. The van der Waals surface area contributed by atoms with E-state index in [1.54, 1.807) is 31.3 Å². The van der Waals surface area contributed by atoms with Gasteiger partial charge >= 0.3 is 0 Å². The first-order valence-corrected chi connectivity index (χ1v) is 5.59. The Morgan fingerprint density at radius 1 is 1.32 bits per heavy atom. The van der Waals surface area contributed by atoms with Crippen molar-refractivity contribution < 1.29 is 4.79 Å². The Morgan fingerprint density at radius 2 is 2.11 bits per heavy atom. The predicted octanol–water partition coefficient (Wildman–Crippen LogP) is 1.52. The summed E-state index contributed by atoms with van der Waals surface area (Å²) in [5.41, 5.74) is 1.23. The third kappa shape index (κ3) is 2.69. The number of rotatable bonds is 2. The van der Waals surface area contributed by atoms with Gasteiger partial charge in [-0.05, 0) is 24.3 Å². The highest BCUT2D eigenvalue weighted by atomic mass is 16.2. The number of amides is 1. The molecule has 1 heterocycles. The normalized spacial score (nSPS) is 9.68. The Labute approximate surface area is 109 Å². The van der Waals surface area contributed by atoms with E-state index in [1.807, 2.05) is 6.07 Å². The zero-order chi connectivity index (χ0) is 13.8. The van der Waals surface area contributed by atoms with Crippen molar-refractivity contribution in [2.24, 2.45) is 0 Å². The van der Waals surface area contributed by atoms with Crippen molar-refractivity contribution in [1.82, 2.24) is 4.98 Å². The number of hydrogen-bond donors (Lipinski definition) is 1. The molecule has 0 saturated heterocycles. The number of H-pyrrole nitrogens is 1. The molecule has 0 spiro atoms. The molecule has 1 amide bonds. The summed E-state index contributed by atoms with van der Waals surface area (Å²) in [5.74, 6) is -0.258. The van der Waals surface area contributed by atoms with E-state index in [4.69, 9.17) is 5.26 Å². The van der Waals surface area contributed by atoms with Gasteiger partial charge in [0.25, 0.3) is 5.91 Å². The average Bonchev–Trinajstić information content (AvgIpc) is 2.46. The van der Waals surface area contributed by atoms with Gasteiger partial charge in [0, 0.05) is 25.0 Å². The number of carbonyl (C=O) groups is 1. The maximum absolute atomic E-state index is 12.2. The van der Waals surface area contributed by atoms with Crippen LogP contribution in [0.1, 0.15) is 15.9 Å². The van der Waals surface area contributed by atoms with Crippen LogP contribution in [0.2, 0.25) is 0 Å². The Balaban J connectivity index is 2.30. The van der Waals surface area contributed by atoms with Crippen LogP contribution in [-0.2, 0) is 0 Å². The molecular weight excluding hydrogens is 242 g/mol. The highest BCUT2D eigenvalue weighted by molar-refractivity contribution is 6.05. The lowest BCUT2D eigenvalue weighted by molar-refractivity contribution is 0.0992. The molecule has 0 aliphatic heterocycles. The molecule has 0 saturated carbocycles. The fraction of sp³-hybridized carbons (Fsp3) is 0.0714. The number of benzene rings is 1. The van der Waals surface area contributed by atoms with Gasteiger partial charge < -0.3 is 9.88 Å². The molecule has 0 bridgehead atoms. The molecule has 1 aromatic heterocycles. The summed E-state index contributed by atoms with van der Waals surface area (Å²) in [7, 11) is 1.62. The lowest BCUT2D eigenvalue weighted by Gasteiger charge is -2.17. The van der Waals surface area contributed by atoms with Crippen LogP contribution in [0.15, 0.2) is 47.4 Å². The first-order valence-electron chi connectivity index (χ1n) is 5.59. The van der Waals surface area contributed by atoms with Crippen molar-refractivity contribution in [3.8, 4) is 6.07 Å². The molecule has 94 valence electrons. The van der Waals surface area contributed by atoms with Crippen molar-refractivity contribution >= 4 is 11.6 Å². The van der Waals surface area contributed by atoms with Crippen molar-refractivity contribution in [2.75, 3.05) is 11.9 Å². The van der Waals surface area contributed by atoms with E-state index in [9.17, 15) is 9.59 Å². The third-order valence-electron chi connectivity index (χ3n) is 2.70. The highest BCUT2D eigenvalue weighted by Gasteiger charge is 2.13. The Kier molecular flexibility index (Phi) is 3.44. The molecule has 2 rings (SSSR count). The number of nitrogens with zero attached hydrogens (tertiary/aromatic N) is 2. The number of anilines is 1. The molecule has 1 aromatic carbocycles. The molecule has 0 unspecified atom stereocenters. The van der Waals surface area contributed by atoms with E-state index in [0.29, 0.717) is 16.8 Å². The molecule has 0 atom stereocenters. The fourth-order valence-electron chi connectivity index (χ4n) is 1.64. The second-order valence-electron chi connectivity index (χ2n) is 3.97. The van der Waals surface area contributed by atoms with Crippen LogP contribution in [0.3, 0.4) is 0 Å². The molecule has 0 radical (unpaired) electrons. The summed E-state index contributed by atoms with van der Waals surface area (Å²) >= 11 is 0. The van der Waals surface area contributed by atoms with Crippen LogP contribution in [-0.4, -0.2) is 17.9 Å². The lowest BCUT2D eigenvalue weighted by atomic mass is 10.2. The third-order valence-corrected chi connectivity index (χ3v) is 2.70. The summed E-state index contributed by atoms with van der Waals surface area (Å²) in [4.78, 5) is 27.0. The van der Waals surface area contributed by atoms with E-state index in [1.165, 1.54) is 23.2 Å². The average molecular weight is 253 g/mol. The Hall–Kier alpha value is -2.87. The molecule has 1 N–H and O–H groups in total. The number of carbonyl (C=O) groups excluding carboxylic acids is 1. The van der Waals surface area contributed by atoms with Gasteiger partial charge in [0.05, 0.1) is 17.2 Å². The lowest BCUT2D eigenvalue weighted by Crippen LogP contribution is -2.26. The number of nitrogens with one attached hydrogen (secondary N) is 1. The molecular formula is C14H11N3O2. The summed E-state index contributed by atoms with van der Waals surface area (Å²) < 4.78 is 0. The van der Waals surface area contributed by atoms with Gasteiger partial charge in [-0.25, -0.2) is 0 Å². The fourth-order valence-corrected chi connectivity index (χ4v) is 1.64. The minimum atomic E-state index is -0.259. The first kappa shape index (κ1) is 12.6. The van der Waals surface area contributed by atoms with E-state index in [0.717, 1.165) is 0 Å². The van der Waals surface area contributed by atoms with Gasteiger partial charge in [-0.3, -0.25) is 9.59 Å². The maximum atomic E-state index is 12.2. The van der Waals surface area contributed by atoms with Crippen LogP contribution in [0.4, 0.5) is 5.69 Å². The smallest absolute Gasteiger partial charge is 0.259 e. The quantitative estimate of drug-likeness (QED) is 0.881. The largest absolute Gasteiger partial charge is 0.328 e. The van der Waals surface area contributed by atoms with Gasteiger partial charge in [-0.15, -0.1) is 0 Å². The topological polar surface area (TPSA) is 77.0 Å². The van der Waals surface area contributed by atoms with Gasteiger partial charge in [0.1, 0.15) is 0 Å². The summed E-state index contributed by atoms with van der Waals surface area (Å²) in [6, 6.07) is 11.5. The zero-order valence-corrected chi connectivity index (χ0v) is 10.3. The second-order valence-corrected chi connectivity index (χ2v) is 3.97. The molecule has 5 heteroatoms. The Morgan fingerprint density at radius 3 is 2.74 bits per heavy atom. The van der Waals surface area contributed by atoms with Crippen LogP contribution in [0.5, 0.6) is 0 Å². The maximum Gasteiger partial charge on any atom is 0.259 e. The molecule has 0 aliphatic rings. The molecule has 0 aliphatic carbocycles. The van der Waals surface area contributed by atoms with Gasteiger partial charge in [0.2, 0.25) is 5.56 Å².